The van der Waals surface area contributed by atoms with Crippen molar-refractivity contribution in [1.29, 1.82) is 0 Å². The van der Waals surface area contributed by atoms with Crippen LogP contribution in [-0.4, -0.2) is 11.1 Å². The van der Waals surface area contributed by atoms with Gasteiger partial charge in [0.1, 0.15) is 5.75 Å². The van der Waals surface area contributed by atoms with Crippen molar-refractivity contribution in [2.45, 2.75) is 45.6 Å². The Bertz CT molecular complexity index is 589. The van der Waals surface area contributed by atoms with E-state index in [1.165, 1.54) is 10.9 Å². The molecular formula is C16H19NO. The first kappa shape index (κ1) is 11.5. The van der Waals surface area contributed by atoms with Gasteiger partial charge in [-0.05, 0) is 43.4 Å². The summed E-state index contributed by atoms with van der Waals surface area (Å²) in [5, 5.41) is 1.17. The molecule has 0 N–H and O–H groups in total. The van der Waals surface area contributed by atoms with E-state index in [1.807, 2.05) is 0 Å². The van der Waals surface area contributed by atoms with Crippen LogP contribution in [0, 0.1) is 0 Å². The Labute approximate surface area is 108 Å². The molecule has 0 bridgehead atoms. The molecule has 1 atom stereocenters. The highest BCUT2D eigenvalue weighted by molar-refractivity contribution is 5.81. The zero-order chi connectivity index (χ0) is 12.7. The molecule has 0 fully saturated rings. The zero-order valence-corrected chi connectivity index (χ0v) is 11.2. The summed E-state index contributed by atoms with van der Waals surface area (Å²) in [5.74, 6) is 1.52. The van der Waals surface area contributed by atoms with Gasteiger partial charge >= 0.3 is 0 Å². The Kier molecular flexibility index (Phi) is 2.73. The van der Waals surface area contributed by atoms with Crippen LogP contribution in [0.4, 0.5) is 0 Å². The molecule has 2 nitrogen and oxygen atoms in total. The molecule has 94 valence electrons. The predicted molar refractivity (Wildman–Crippen MR) is 74.2 cm³/mol. The number of benzene rings is 1. The SMILES string of the molecule is CC(C)c1ccc2cc3c(nc2c1)CC[C@H](C)O3. The van der Waals surface area contributed by atoms with E-state index in [2.05, 4.69) is 45.0 Å². The molecule has 0 amide bonds. The van der Waals surface area contributed by atoms with Crippen molar-refractivity contribution in [3.63, 3.8) is 0 Å². The molecule has 1 aromatic heterocycles. The highest BCUT2D eigenvalue weighted by Gasteiger charge is 2.18. The number of rotatable bonds is 1. The van der Waals surface area contributed by atoms with Crippen LogP contribution < -0.4 is 4.74 Å². The largest absolute Gasteiger partial charge is 0.489 e. The second-order valence-electron chi connectivity index (χ2n) is 5.51. The third-order valence-corrected chi connectivity index (χ3v) is 3.66. The number of nitrogens with zero attached hydrogens (tertiary/aromatic N) is 1. The molecule has 2 heteroatoms. The van der Waals surface area contributed by atoms with Crippen molar-refractivity contribution >= 4 is 10.9 Å². The third-order valence-electron chi connectivity index (χ3n) is 3.66. The first-order valence-electron chi connectivity index (χ1n) is 6.73. The lowest BCUT2D eigenvalue weighted by atomic mass is 10.0. The molecule has 0 radical (unpaired) electrons. The summed E-state index contributed by atoms with van der Waals surface area (Å²) < 4.78 is 5.86. The Hall–Kier alpha value is -1.57. The number of ether oxygens (including phenoxy) is 1. The van der Waals surface area contributed by atoms with Gasteiger partial charge in [-0.1, -0.05) is 26.0 Å². The van der Waals surface area contributed by atoms with Crippen molar-refractivity contribution < 1.29 is 4.74 Å². The lowest BCUT2D eigenvalue weighted by Crippen LogP contribution is -2.19. The van der Waals surface area contributed by atoms with Gasteiger partial charge in [0.2, 0.25) is 0 Å². The summed E-state index contributed by atoms with van der Waals surface area (Å²) in [4.78, 5) is 4.77. The quantitative estimate of drug-likeness (QED) is 0.750. The number of fused-ring (bicyclic) bond motifs is 2. The molecule has 1 aromatic carbocycles. The molecule has 0 unspecified atom stereocenters. The first-order valence-corrected chi connectivity index (χ1v) is 6.73. The van der Waals surface area contributed by atoms with Crippen molar-refractivity contribution in [3.8, 4) is 5.75 Å². The van der Waals surface area contributed by atoms with Gasteiger partial charge in [0.15, 0.2) is 0 Å². The maximum atomic E-state index is 5.86. The highest BCUT2D eigenvalue weighted by atomic mass is 16.5. The highest BCUT2D eigenvalue weighted by Crippen LogP contribution is 2.30. The number of hydrogen-bond donors (Lipinski definition) is 0. The molecule has 0 saturated carbocycles. The number of hydrogen-bond acceptors (Lipinski definition) is 2. The summed E-state index contributed by atoms with van der Waals surface area (Å²) in [6.45, 7) is 6.55. The molecule has 1 aliphatic heterocycles. The maximum Gasteiger partial charge on any atom is 0.141 e. The van der Waals surface area contributed by atoms with Crippen LogP contribution in [0.1, 0.15) is 44.4 Å². The minimum absolute atomic E-state index is 0.312. The van der Waals surface area contributed by atoms with Gasteiger partial charge in [-0.3, -0.25) is 0 Å². The Morgan fingerprint density at radius 3 is 2.89 bits per heavy atom. The smallest absolute Gasteiger partial charge is 0.141 e. The molecule has 18 heavy (non-hydrogen) atoms. The molecule has 2 heterocycles. The van der Waals surface area contributed by atoms with E-state index in [9.17, 15) is 0 Å². The average molecular weight is 241 g/mol. The number of aromatic nitrogens is 1. The summed E-state index contributed by atoms with van der Waals surface area (Å²) in [5.41, 5.74) is 3.56. The van der Waals surface area contributed by atoms with Crippen LogP contribution in [0.15, 0.2) is 24.3 Å². The fourth-order valence-corrected chi connectivity index (χ4v) is 2.46. The summed E-state index contributed by atoms with van der Waals surface area (Å²) in [7, 11) is 0. The molecule has 0 spiro atoms. The fourth-order valence-electron chi connectivity index (χ4n) is 2.46. The van der Waals surface area contributed by atoms with Crippen LogP contribution in [0.5, 0.6) is 5.75 Å². The molecule has 0 aliphatic carbocycles. The second-order valence-corrected chi connectivity index (χ2v) is 5.51. The second kappa shape index (κ2) is 4.27. The van der Waals surface area contributed by atoms with E-state index < -0.39 is 0 Å². The van der Waals surface area contributed by atoms with Crippen LogP contribution in [-0.2, 0) is 6.42 Å². The topological polar surface area (TPSA) is 22.1 Å². The minimum Gasteiger partial charge on any atom is -0.489 e. The van der Waals surface area contributed by atoms with Gasteiger partial charge < -0.3 is 4.74 Å². The van der Waals surface area contributed by atoms with Crippen molar-refractivity contribution in [2.24, 2.45) is 0 Å². The number of pyridine rings is 1. The Morgan fingerprint density at radius 2 is 2.11 bits per heavy atom. The monoisotopic (exact) mass is 241 g/mol. The molecule has 0 saturated heterocycles. The van der Waals surface area contributed by atoms with Gasteiger partial charge in [0, 0.05) is 5.39 Å². The number of aryl methyl sites for hydroxylation is 1. The minimum atomic E-state index is 0.312. The van der Waals surface area contributed by atoms with Crippen LogP contribution in [0.3, 0.4) is 0 Å². The maximum absolute atomic E-state index is 5.86. The Morgan fingerprint density at radius 1 is 1.28 bits per heavy atom. The van der Waals surface area contributed by atoms with Crippen LogP contribution in [0.2, 0.25) is 0 Å². The lowest BCUT2D eigenvalue weighted by Gasteiger charge is -2.23. The van der Waals surface area contributed by atoms with E-state index in [0.717, 1.165) is 29.8 Å². The normalized spacial score (nSPS) is 18.8. The van der Waals surface area contributed by atoms with Gasteiger partial charge in [0.25, 0.3) is 0 Å². The van der Waals surface area contributed by atoms with E-state index in [-0.39, 0.29) is 0 Å². The zero-order valence-electron chi connectivity index (χ0n) is 11.2. The predicted octanol–water partition coefficient (Wildman–Crippen LogP) is 4.07. The van der Waals surface area contributed by atoms with Gasteiger partial charge in [0.05, 0.1) is 17.3 Å². The van der Waals surface area contributed by atoms with E-state index in [4.69, 9.17) is 9.72 Å². The van der Waals surface area contributed by atoms with Crippen molar-refractivity contribution in [1.82, 2.24) is 4.98 Å². The molecule has 1 aliphatic rings. The summed E-state index contributed by atoms with van der Waals surface area (Å²) >= 11 is 0. The molecule has 3 rings (SSSR count). The average Bonchev–Trinajstić information content (AvgIpc) is 2.35. The lowest BCUT2D eigenvalue weighted by molar-refractivity contribution is 0.190. The standard InChI is InChI=1S/C16H19NO/c1-10(2)12-5-6-13-9-16-14(17-15(13)8-12)7-4-11(3)18-16/h5-6,8-11H,4,7H2,1-3H3/t11-/m0/s1. The molecule has 2 aromatic rings. The van der Waals surface area contributed by atoms with E-state index in [0.29, 0.717) is 12.0 Å². The summed E-state index contributed by atoms with van der Waals surface area (Å²) in [6.07, 6.45) is 2.40. The summed E-state index contributed by atoms with van der Waals surface area (Å²) in [6, 6.07) is 8.68. The van der Waals surface area contributed by atoms with Crippen molar-refractivity contribution in [2.75, 3.05) is 0 Å². The van der Waals surface area contributed by atoms with Crippen molar-refractivity contribution in [3.05, 3.63) is 35.5 Å². The fraction of sp³-hybridized carbons (Fsp3) is 0.438. The van der Waals surface area contributed by atoms with E-state index >= 15 is 0 Å². The van der Waals surface area contributed by atoms with E-state index in [1.54, 1.807) is 0 Å². The van der Waals surface area contributed by atoms with Gasteiger partial charge in [-0.2, -0.15) is 0 Å². The third kappa shape index (κ3) is 1.96. The van der Waals surface area contributed by atoms with Gasteiger partial charge in [-0.15, -0.1) is 0 Å². The first-order chi connectivity index (χ1) is 8.63. The van der Waals surface area contributed by atoms with Crippen LogP contribution in [0.25, 0.3) is 10.9 Å². The molecular weight excluding hydrogens is 222 g/mol. The van der Waals surface area contributed by atoms with Gasteiger partial charge in [-0.25, -0.2) is 4.98 Å². The Balaban J connectivity index is 2.12. The van der Waals surface area contributed by atoms with Crippen LogP contribution >= 0.6 is 0 Å².